The van der Waals surface area contributed by atoms with Crippen molar-refractivity contribution < 1.29 is 49.2 Å². The van der Waals surface area contributed by atoms with E-state index >= 15 is 0 Å². The van der Waals surface area contributed by atoms with Gasteiger partial charge in [0.15, 0.2) is 0 Å². The fraction of sp³-hybridized carbons (Fsp3) is 0.625. The molecule has 0 fully saturated rings. The third-order valence-corrected chi connectivity index (χ3v) is 3.59. The van der Waals surface area contributed by atoms with Crippen LogP contribution >= 0.6 is 0 Å². The molecule has 0 aliphatic carbocycles. The molecule has 0 saturated carbocycles. The molecule has 0 radical (unpaired) electrons. The maximum Gasteiger partial charge on any atom is 0.394 e. The first-order valence-corrected chi connectivity index (χ1v) is 9.87. The number of nitrogens with two attached hydrogens (primary N) is 1. The molecule has 29 heavy (non-hydrogen) atoms. The highest BCUT2D eigenvalue weighted by Crippen LogP contribution is 2.28. The molecule has 0 saturated heterocycles. The summed E-state index contributed by atoms with van der Waals surface area (Å²) in [5.41, 5.74) is 7.04. The SMILES string of the molecule is CC(C)Oc1cc(N(C)CC(O)C(O)C(O)C(O)CO)ccc1N.O=S(=O)(O)O.[HH]. The molecule has 4 atom stereocenters. The maximum atomic E-state index is 10.0. The summed E-state index contributed by atoms with van der Waals surface area (Å²) in [6.45, 7) is 3.03. The molecular weight excluding hydrogens is 412 g/mol. The molecule has 0 heterocycles. The minimum atomic E-state index is -4.67. The number of nitrogen functional groups attached to an aromatic ring is 1. The lowest BCUT2D eigenvalue weighted by molar-refractivity contribution is -0.112. The average molecular weight is 445 g/mol. The monoisotopic (exact) mass is 444 g/mol. The van der Waals surface area contributed by atoms with Crippen molar-refractivity contribution in [3.05, 3.63) is 18.2 Å². The van der Waals surface area contributed by atoms with E-state index in [1.165, 1.54) is 0 Å². The van der Waals surface area contributed by atoms with Gasteiger partial charge in [0, 0.05) is 26.8 Å². The van der Waals surface area contributed by atoms with Gasteiger partial charge in [-0.25, -0.2) is 0 Å². The fourth-order valence-electron chi connectivity index (χ4n) is 2.17. The van der Waals surface area contributed by atoms with Gasteiger partial charge in [-0.05, 0) is 26.0 Å². The summed E-state index contributed by atoms with van der Waals surface area (Å²) in [4.78, 5) is 1.65. The second-order valence-corrected chi connectivity index (χ2v) is 7.41. The molecule has 0 spiro atoms. The van der Waals surface area contributed by atoms with Crippen LogP contribution in [0.2, 0.25) is 0 Å². The Morgan fingerprint density at radius 1 is 1.10 bits per heavy atom. The van der Waals surface area contributed by atoms with Gasteiger partial charge in [-0.2, -0.15) is 8.42 Å². The molecule has 0 aromatic heterocycles. The Morgan fingerprint density at radius 3 is 2.03 bits per heavy atom. The summed E-state index contributed by atoms with van der Waals surface area (Å²) in [5, 5.41) is 47.7. The Bertz CT molecular complexity index is 714. The van der Waals surface area contributed by atoms with Crippen LogP contribution in [0, 0.1) is 0 Å². The summed E-state index contributed by atoms with van der Waals surface area (Å²) < 4.78 is 37.2. The van der Waals surface area contributed by atoms with E-state index in [4.69, 9.17) is 33.1 Å². The minimum Gasteiger partial charge on any atom is -0.489 e. The Balaban J connectivity index is 0. The van der Waals surface area contributed by atoms with Crippen molar-refractivity contribution in [2.75, 3.05) is 30.8 Å². The van der Waals surface area contributed by atoms with Crippen LogP contribution in [0.1, 0.15) is 15.3 Å². The summed E-state index contributed by atoms with van der Waals surface area (Å²) >= 11 is 0. The molecule has 4 unspecified atom stereocenters. The molecule has 9 N–H and O–H groups in total. The normalized spacial score (nSPS) is 15.7. The highest BCUT2D eigenvalue weighted by Gasteiger charge is 2.30. The van der Waals surface area contributed by atoms with Crippen LogP contribution in [-0.4, -0.2) is 93.8 Å². The van der Waals surface area contributed by atoms with Crippen LogP contribution in [-0.2, 0) is 10.4 Å². The number of nitrogens with zero attached hydrogens (tertiary/aromatic N) is 1. The van der Waals surface area contributed by atoms with Gasteiger partial charge in [-0.15, -0.1) is 0 Å². The summed E-state index contributed by atoms with van der Waals surface area (Å²) in [6, 6.07) is 5.13. The molecule has 172 valence electrons. The first kappa shape index (κ1) is 27.3. The molecule has 1 rings (SSSR count). The Kier molecular flexibility index (Phi) is 11.4. The van der Waals surface area contributed by atoms with Gasteiger partial charge in [0.1, 0.15) is 24.1 Å². The van der Waals surface area contributed by atoms with E-state index in [2.05, 4.69) is 0 Å². The average Bonchev–Trinajstić information content (AvgIpc) is 2.59. The highest BCUT2D eigenvalue weighted by molar-refractivity contribution is 7.79. The zero-order chi connectivity index (χ0) is 22.9. The largest absolute Gasteiger partial charge is 0.489 e. The first-order chi connectivity index (χ1) is 13.2. The van der Waals surface area contributed by atoms with Crippen LogP contribution in [0.4, 0.5) is 11.4 Å². The number of aliphatic hydroxyl groups is 5. The minimum absolute atomic E-state index is 0. The second kappa shape index (κ2) is 12.1. The van der Waals surface area contributed by atoms with E-state index in [1.54, 1.807) is 30.1 Å². The van der Waals surface area contributed by atoms with E-state index in [0.717, 1.165) is 0 Å². The summed E-state index contributed by atoms with van der Waals surface area (Å²) in [5.74, 6) is 0.514. The van der Waals surface area contributed by atoms with Gasteiger partial charge < -0.3 is 40.9 Å². The van der Waals surface area contributed by atoms with Crippen molar-refractivity contribution in [1.29, 1.82) is 0 Å². The smallest absolute Gasteiger partial charge is 0.394 e. The predicted molar refractivity (Wildman–Crippen MR) is 107 cm³/mol. The standard InChI is InChI=1S/C16H28N2O6.H2O4S.H2/c1-9(2)24-14-6-10(4-5-11(14)17)18(3)7-12(20)15(22)16(23)13(21)8-19;1-5(2,3)4;/h4-6,9,12-13,15-16,19-23H,7-8,17H2,1-3H3;(H2,1,2,3,4);1H. The van der Waals surface area contributed by atoms with Crippen molar-refractivity contribution in [2.24, 2.45) is 0 Å². The number of ether oxygens (including phenoxy) is 1. The maximum absolute atomic E-state index is 10.0. The number of hydrogen-bond donors (Lipinski definition) is 8. The first-order valence-electron chi connectivity index (χ1n) is 8.47. The number of likely N-dealkylation sites (N-methyl/N-ethyl adjacent to an activating group) is 1. The van der Waals surface area contributed by atoms with Crippen LogP contribution in [0.25, 0.3) is 0 Å². The molecule has 1 aromatic rings. The van der Waals surface area contributed by atoms with Crippen LogP contribution < -0.4 is 15.4 Å². The van der Waals surface area contributed by atoms with Crippen molar-refractivity contribution in [1.82, 2.24) is 0 Å². The lowest BCUT2D eigenvalue weighted by atomic mass is 10.0. The Hall–Kier alpha value is -1.71. The van der Waals surface area contributed by atoms with E-state index < -0.39 is 41.4 Å². The van der Waals surface area contributed by atoms with Crippen molar-refractivity contribution in [3.63, 3.8) is 0 Å². The third kappa shape index (κ3) is 11.2. The van der Waals surface area contributed by atoms with E-state index in [0.29, 0.717) is 17.1 Å². The van der Waals surface area contributed by atoms with Crippen LogP contribution in [0.5, 0.6) is 5.75 Å². The van der Waals surface area contributed by atoms with Gasteiger partial charge in [0.2, 0.25) is 0 Å². The van der Waals surface area contributed by atoms with Crippen LogP contribution in [0.3, 0.4) is 0 Å². The molecule has 0 amide bonds. The molecule has 13 heteroatoms. The molecular formula is C16H32N2O10S. The predicted octanol–water partition coefficient (Wildman–Crippen LogP) is -1.48. The summed E-state index contributed by atoms with van der Waals surface area (Å²) in [7, 11) is -2.98. The molecule has 0 aliphatic heterocycles. The van der Waals surface area contributed by atoms with Crippen molar-refractivity contribution >= 4 is 21.8 Å². The number of benzene rings is 1. The number of aliphatic hydroxyl groups excluding tert-OH is 5. The Labute approximate surface area is 170 Å². The zero-order valence-electron chi connectivity index (χ0n) is 16.3. The van der Waals surface area contributed by atoms with Gasteiger partial charge in [-0.1, -0.05) is 0 Å². The zero-order valence-corrected chi connectivity index (χ0v) is 17.1. The van der Waals surface area contributed by atoms with E-state index in [9.17, 15) is 20.4 Å². The van der Waals surface area contributed by atoms with Crippen molar-refractivity contribution in [3.8, 4) is 5.75 Å². The summed E-state index contributed by atoms with van der Waals surface area (Å²) in [6.07, 6.45) is -6.16. The van der Waals surface area contributed by atoms with Crippen molar-refractivity contribution in [2.45, 2.75) is 44.4 Å². The topological polar surface area (TPSA) is 214 Å². The van der Waals surface area contributed by atoms with E-state index in [1.807, 2.05) is 13.8 Å². The fourth-order valence-corrected chi connectivity index (χ4v) is 2.17. The third-order valence-electron chi connectivity index (χ3n) is 3.59. The number of rotatable bonds is 9. The second-order valence-electron chi connectivity index (χ2n) is 6.52. The van der Waals surface area contributed by atoms with Gasteiger partial charge in [0.05, 0.1) is 24.5 Å². The lowest BCUT2D eigenvalue weighted by Crippen LogP contribution is -2.49. The lowest BCUT2D eigenvalue weighted by Gasteiger charge is -2.29. The molecule has 0 bridgehead atoms. The van der Waals surface area contributed by atoms with Gasteiger partial charge in [-0.3, -0.25) is 9.11 Å². The Morgan fingerprint density at radius 2 is 1.59 bits per heavy atom. The quantitative estimate of drug-likeness (QED) is 0.162. The van der Waals surface area contributed by atoms with Gasteiger partial charge >= 0.3 is 10.4 Å². The number of anilines is 2. The van der Waals surface area contributed by atoms with E-state index in [-0.39, 0.29) is 14.1 Å². The molecule has 12 nitrogen and oxygen atoms in total. The molecule has 0 aliphatic rings. The van der Waals surface area contributed by atoms with Crippen LogP contribution in [0.15, 0.2) is 18.2 Å². The van der Waals surface area contributed by atoms with Gasteiger partial charge in [0.25, 0.3) is 0 Å². The highest BCUT2D eigenvalue weighted by atomic mass is 32.3. The molecule has 1 aromatic carbocycles. The number of hydrogen-bond acceptors (Lipinski definition) is 10.